The van der Waals surface area contributed by atoms with Crippen LogP contribution in [0, 0.1) is 13.8 Å². The molecule has 4 heteroatoms. The summed E-state index contributed by atoms with van der Waals surface area (Å²) < 4.78 is 14.4. The maximum absolute atomic E-state index is 7.21. The average molecular weight is 511 g/mol. The van der Waals surface area contributed by atoms with E-state index in [9.17, 15) is 0 Å². The first-order chi connectivity index (χ1) is 17.2. The Balaban J connectivity index is 1.82. The maximum atomic E-state index is 7.21. The van der Waals surface area contributed by atoms with Crippen molar-refractivity contribution in [3.63, 3.8) is 0 Å². The summed E-state index contributed by atoms with van der Waals surface area (Å²) in [6.45, 7) is 13.4. The molecule has 0 aliphatic rings. The van der Waals surface area contributed by atoms with Gasteiger partial charge in [0.15, 0.2) is 0 Å². The number of rotatable bonds is 9. The molecule has 0 radical (unpaired) electrons. The van der Waals surface area contributed by atoms with Crippen LogP contribution in [0.25, 0.3) is 0 Å². The van der Waals surface area contributed by atoms with E-state index in [4.69, 9.17) is 8.85 Å². The molecule has 0 aromatic heterocycles. The molecule has 0 N–H and O–H groups in total. The van der Waals surface area contributed by atoms with Gasteiger partial charge in [0.2, 0.25) is 16.6 Å². The van der Waals surface area contributed by atoms with Crippen LogP contribution in [0.15, 0.2) is 109 Å². The lowest BCUT2D eigenvalue weighted by Gasteiger charge is -2.39. The standard InChI is InChI=1S/C32H38O2Si2/c1-25-17-21-27(22-18-25)31(33-35(3,4)29-13-9-7-10-14-29)32(28-23-19-26(2)20-24-28)34-36(5,6)30-15-11-8-12-16-30/h7-24,31-32H,1-6H3. The minimum Gasteiger partial charge on any atom is -0.403 e. The van der Waals surface area contributed by atoms with E-state index >= 15 is 0 Å². The molecule has 0 saturated carbocycles. The lowest BCUT2D eigenvalue weighted by Crippen LogP contribution is -2.49. The molecule has 0 amide bonds. The van der Waals surface area contributed by atoms with Crippen LogP contribution in [0.1, 0.15) is 34.5 Å². The van der Waals surface area contributed by atoms with Gasteiger partial charge in [0.25, 0.3) is 0 Å². The minimum absolute atomic E-state index is 0.231. The van der Waals surface area contributed by atoms with E-state index in [2.05, 4.69) is 149 Å². The Hall–Kier alpha value is -2.77. The highest BCUT2D eigenvalue weighted by atomic mass is 28.4. The molecule has 4 rings (SSSR count). The monoisotopic (exact) mass is 510 g/mol. The first-order valence-electron chi connectivity index (χ1n) is 12.8. The van der Waals surface area contributed by atoms with Crippen LogP contribution >= 0.6 is 0 Å². The maximum Gasteiger partial charge on any atom is 0.219 e. The Bertz CT molecular complexity index is 1130. The molecule has 4 aromatic rings. The number of hydrogen-bond acceptors (Lipinski definition) is 2. The molecule has 2 unspecified atom stereocenters. The summed E-state index contributed by atoms with van der Waals surface area (Å²) in [6.07, 6.45) is -0.462. The highest BCUT2D eigenvalue weighted by Crippen LogP contribution is 2.39. The average Bonchev–Trinajstić information content (AvgIpc) is 2.88. The van der Waals surface area contributed by atoms with E-state index in [1.54, 1.807) is 0 Å². The largest absolute Gasteiger partial charge is 0.403 e. The molecule has 2 nitrogen and oxygen atoms in total. The van der Waals surface area contributed by atoms with Crippen molar-refractivity contribution in [2.75, 3.05) is 0 Å². The second-order valence-corrected chi connectivity index (χ2v) is 18.3. The molecule has 186 valence electrons. The van der Waals surface area contributed by atoms with Gasteiger partial charge in [-0.05, 0) is 61.5 Å². The van der Waals surface area contributed by atoms with Crippen LogP contribution in [-0.4, -0.2) is 16.6 Å². The van der Waals surface area contributed by atoms with Crippen molar-refractivity contribution in [2.24, 2.45) is 0 Å². The second kappa shape index (κ2) is 11.1. The predicted octanol–water partition coefficient (Wildman–Crippen LogP) is 7.34. The summed E-state index contributed by atoms with van der Waals surface area (Å²) in [4.78, 5) is 0. The van der Waals surface area contributed by atoms with E-state index in [-0.39, 0.29) is 12.2 Å². The topological polar surface area (TPSA) is 18.5 Å². The third kappa shape index (κ3) is 6.32. The zero-order valence-corrected chi connectivity index (χ0v) is 24.4. The molecule has 0 saturated heterocycles. The van der Waals surface area contributed by atoms with Crippen LogP contribution in [0.5, 0.6) is 0 Å². The van der Waals surface area contributed by atoms with Crippen molar-refractivity contribution in [1.82, 2.24) is 0 Å². The highest BCUT2D eigenvalue weighted by Gasteiger charge is 2.39. The van der Waals surface area contributed by atoms with Crippen LogP contribution in [0.2, 0.25) is 26.2 Å². The first-order valence-corrected chi connectivity index (χ1v) is 18.6. The summed E-state index contributed by atoms with van der Waals surface area (Å²) in [5.74, 6) is 0. The lowest BCUT2D eigenvalue weighted by molar-refractivity contribution is 0.0445. The van der Waals surface area contributed by atoms with E-state index in [1.165, 1.54) is 21.5 Å². The summed E-state index contributed by atoms with van der Waals surface area (Å²) in [5, 5.41) is 2.56. The van der Waals surface area contributed by atoms with Crippen molar-refractivity contribution < 1.29 is 8.85 Å². The molecule has 0 heterocycles. The third-order valence-electron chi connectivity index (χ3n) is 6.87. The zero-order valence-electron chi connectivity index (χ0n) is 22.4. The number of aryl methyl sites for hydroxylation is 2. The van der Waals surface area contributed by atoms with Gasteiger partial charge in [0.1, 0.15) is 12.2 Å². The molecule has 0 aliphatic heterocycles. The van der Waals surface area contributed by atoms with Crippen LogP contribution in [0.3, 0.4) is 0 Å². The van der Waals surface area contributed by atoms with Crippen molar-refractivity contribution in [3.05, 3.63) is 131 Å². The van der Waals surface area contributed by atoms with Gasteiger partial charge >= 0.3 is 0 Å². The number of benzene rings is 4. The predicted molar refractivity (Wildman–Crippen MR) is 157 cm³/mol. The third-order valence-corrected chi connectivity index (χ3v) is 12.0. The highest BCUT2D eigenvalue weighted by molar-refractivity contribution is 6.85. The van der Waals surface area contributed by atoms with Gasteiger partial charge in [0.05, 0.1) is 0 Å². The fourth-order valence-corrected chi connectivity index (χ4v) is 8.62. The van der Waals surface area contributed by atoms with E-state index < -0.39 is 16.6 Å². The molecule has 0 aliphatic carbocycles. The van der Waals surface area contributed by atoms with Gasteiger partial charge in [-0.2, -0.15) is 0 Å². The van der Waals surface area contributed by atoms with Crippen LogP contribution in [-0.2, 0) is 8.85 Å². The van der Waals surface area contributed by atoms with Crippen molar-refractivity contribution in [3.8, 4) is 0 Å². The molecule has 0 bridgehead atoms. The Labute approximate surface area is 219 Å². The van der Waals surface area contributed by atoms with Crippen molar-refractivity contribution >= 4 is 27.0 Å². The Morgan fingerprint density at radius 2 is 0.750 bits per heavy atom. The van der Waals surface area contributed by atoms with Gasteiger partial charge in [-0.1, -0.05) is 120 Å². The van der Waals surface area contributed by atoms with Gasteiger partial charge < -0.3 is 8.85 Å². The Morgan fingerprint density at radius 3 is 1.06 bits per heavy atom. The van der Waals surface area contributed by atoms with Crippen molar-refractivity contribution in [1.29, 1.82) is 0 Å². The van der Waals surface area contributed by atoms with Crippen LogP contribution < -0.4 is 10.4 Å². The lowest BCUT2D eigenvalue weighted by atomic mass is 9.97. The summed E-state index contributed by atoms with van der Waals surface area (Å²) in [5.41, 5.74) is 4.79. The second-order valence-electron chi connectivity index (χ2n) is 10.7. The van der Waals surface area contributed by atoms with E-state index in [0.717, 1.165) is 11.1 Å². The van der Waals surface area contributed by atoms with E-state index in [0.29, 0.717) is 0 Å². The van der Waals surface area contributed by atoms with Gasteiger partial charge in [-0.15, -0.1) is 0 Å². The van der Waals surface area contributed by atoms with Gasteiger partial charge in [-0.3, -0.25) is 0 Å². The smallest absolute Gasteiger partial charge is 0.219 e. The molecule has 0 spiro atoms. The SMILES string of the molecule is Cc1ccc(C(O[Si](C)(C)c2ccccc2)C(O[Si](C)(C)c2ccccc2)c2ccc(C)cc2)cc1. The van der Waals surface area contributed by atoms with Gasteiger partial charge in [-0.25, -0.2) is 0 Å². The molecule has 0 fully saturated rings. The summed E-state index contributed by atoms with van der Waals surface area (Å²) >= 11 is 0. The Morgan fingerprint density at radius 1 is 0.444 bits per heavy atom. The molecule has 2 atom stereocenters. The quantitative estimate of drug-likeness (QED) is 0.219. The van der Waals surface area contributed by atoms with Crippen molar-refractivity contribution in [2.45, 2.75) is 52.2 Å². The normalized spacial score (nSPS) is 13.8. The van der Waals surface area contributed by atoms with Gasteiger partial charge in [0, 0.05) is 0 Å². The molecular weight excluding hydrogens is 473 g/mol. The fraction of sp³-hybridized carbons (Fsp3) is 0.250. The zero-order chi connectivity index (χ0) is 25.8. The first kappa shape index (κ1) is 26.3. The van der Waals surface area contributed by atoms with Crippen LogP contribution in [0.4, 0.5) is 0 Å². The summed E-state index contributed by atoms with van der Waals surface area (Å²) in [6, 6.07) is 38.9. The fourth-order valence-electron chi connectivity index (χ4n) is 4.57. The summed E-state index contributed by atoms with van der Waals surface area (Å²) in [7, 11) is -4.53. The van der Waals surface area contributed by atoms with E-state index in [1.807, 2.05) is 0 Å². The molecule has 4 aromatic carbocycles. The molecule has 36 heavy (non-hydrogen) atoms. The Kier molecular flexibility index (Phi) is 8.11. The minimum atomic E-state index is -2.26. The molecular formula is C32H38O2Si2. The number of hydrogen-bond donors (Lipinski definition) is 0.